The van der Waals surface area contributed by atoms with E-state index in [1.54, 1.807) is 18.2 Å². The molecule has 0 saturated heterocycles. The molecule has 0 aliphatic rings. The van der Waals surface area contributed by atoms with Crippen molar-refractivity contribution in [1.29, 1.82) is 0 Å². The lowest BCUT2D eigenvalue weighted by Gasteiger charge is -2.34. The van der Waals surface area contributed by atoms with Crippen molar-refractivity contribution in [2.75, 3.05) is 17.4 Å². The van der Waals surface area contributed by atoms with Crippen LogP contribution < -0.4 is 9.62 Å². The molecule has 0 spiro atoms. The molecule has 0 saturated carbocycles. The first-order valence-electron chi connectivity index (χ1n) is 14.4. The first kappa shape index (κ1) is 32.9. The Morgan fingerprint density at radius 3 is 2.14 bits per heavy atom. The Labute approximate surface area is 266 Å². The number of benzene rings is 4. The van der Waals surface area contributed by atoms with Crippen LogP contribution in [0.2, 0.25) is 0 Å². The van der Waals surface area contributed by atoms with Crippen LogP contribution in [0.3, 0.4) is 0 Å². The summed E-state index contributed by atoms with van der Waals surface area (Å²) in [6.45, 7) is 1.92. The highest BCUT2D eigenvalue weighted by atomic mass is 79.9. The van der Waals surface area contributed by atoms with Gasteiger partial charge in [0.15, 0.2) is 0 Å². The third kappa shape index (κ3) is 8.76. The largest absolute Gasteiger partial charge is 0.354 e. The van der Waals surface area contributed by atoms with Gasteiger partial charge in [-0.05, 0) is 66.1 Å². The number of hydrogen-bond acceptors (Lipinski definition) is 4. The van der Waals surface area contributed by atoms with Gasteiger partial charge in [-0.2, -0.15) is 0 Å². The van der Waals surface area contributed by atoms with Gasteiger partial charge in [0.1, 0.15) is 18.4 Å². The zero-order chi connectivity index (χ0) is 31.5. The second kappa shape index (κ2) is 15.6. The monoisotopic (exact) mass is 679 g/mol. The molecule has 44 heavy (non-hydrogen) atoms. The van der Waals surface area contributed by atoms with Gasteiger partial charge in [-0.25, -0.2) is 12.8 Å². The predicted octanol–water partition coefficient (Wildman–Crippen LogP) is 6.34. The zero-order valence-corrected chi connectivity index (χ0v) is 26.8. The van der Waals surface area contributed by atoms with Crippen LogP contribution >= 0.6 is 15.9 Å². The molecule has 2 amide bonds. The maximum absolute atomic E-state index is 14.4. The van der Waals surface area contributed by atoms with E-state index in [0.717, 1.165) is 44.9 Å². The molecule has 7 nitrogen and oxygen atoms in total. The summed E-state index contributed by atoms with van der Waals surface area (Å²) in [7, 11) is -4.24. The molecule has 0 bridgehead atoms. The van der Waals surface area contributed by atoms with Crippen molar-refractivity contribution in [3.8, 4) is 0 Å². The minimum Gasteiger partial charge on any atom is -0.354 e. The summed E-state index contributed by atoms with van der Waals surface area (Å²) in [4.78, 5) is 29.5. The predicted molar refractivity (Wildman–Crippen MR) is 174 cm³/mol. The first-order valence-corrected chi connectivity index (χ1v) is 16.6. The van der Waals surface area contributed by atoms with Gasteiger partial charge < -0.3 is 10.2 Å². The summed E-state index contributed by atoms with van der Waals surface area (Å²) >= 11 is 3.48. The van der Waals surface area contributed by atoms with Crippen molar-refractivity contribution in [1.82, 2.24) is 10.2 Å². The van der Waals surface area contributed by atoms with Crippen LogP contribution in [0, 0.1) is 5.82 Å². The molecule has 0 aliphatic heterocycles. The lowest BCUT2D eigenvalue weighted by atomic mass is 10.0. The maximum atomic E-state index is 14.4. The van der Waals surface area contributed by atoms with Gasteiger partial charge in [-0.1, -0.05) is 89.9 Å². The first-order chi connectivity index (χ1) is 21.2. The van der Waals surface area contributed by atoms with Crippen molar-refractivity contribution in [2.24, 2.45) is 0 Å². The molecular weight excluding hydrogens is 645 g/mol. The number of anilines is 1. The summed E-state index contributed by atoms with van der Waals surface area (Å²) in [5.41, 5.74) is 1.73. The normalized spacial score (nSPS) is 11.9. The summed E-state index contributed by atoms with van der Waals surface area (Å²) in [6.07, 6.45) is 1.88. The van der Waals surface area contributed by atoms with Gasteiger partial charge in [0, 0.05) is 24.0 Å². The minimum absolute atomic E-state index is 0.0196. The highest BCUT2D eigenvalue weighted by molar-refractivity contribution is 9.10. The molecule has 0 unspecified atom stereocenters. The third-order valence-electron chi connectivity index (χ3n) is 7.07. The van der Waals surface area contributed by atoms with Crippen LogP contribution in [-0.4, -0.2) is 44.3 Å². The van der Waals surface area contributed by atoms with Crippen LogP contribution in [0.4, 0.5) is 10.1 Å². The lowest BCUT2D eigenvalue weighted by molar-refractivity contribution is -0.140. The fourth-order valence-electron chi connectivity index (χ4n) is 4.75. The van der Waals surface area contributed by atoms with E-state index >= 15 is 0 Å². The Hall–Kier alpha value is -4.02. The average Bonchev–Trinajstić information content (AvgIpc) is 3.03. The number of nitrogens with one attached hydrogen (secondary N) is 1. The Balaban J connectivity index is 1.78. The Kier molecular flexibility index (Phi) is 11.7. The standard InChI is InChI=1S/C34H35BrFN3O4S/c1-2-3-21-37-34(41)32(23-26-11-6-4-7-12-26)38(24-27-13-10-14-28(35)22-27)33(40)25-39(30-19-17-29(36)18-20-30)44(42,43)31-15-8-5-9-16-31/h4-20,22,32H,2-3,21,23-25H2,1H3,(H,37,41)/t32-/m0/s1. The van der Waals surface area contributed by atoms with Crippen LogP contribution in [0.1, 0.15) is 30.9 Å². The van der Waals surface area contributed by atoms with E-state index in [1.165, 1.54) is 29.2 Å². The Morgan fingerprint density at radius 2 is 1.50 bits per heavy atom. The van der Waals surface area contributed by atoms with Crippen LogP contribution in [0.5, 0.6) is 0 Å². The van der Waals surface area contributed by atoms with Crippen LogP contribution in [-0.2, 0) is 32.6 Å². The summed E-state index contributed by atoms with van der Waals surface area (Å²) in [6, 6.07) is 28.5. The molecule has 0 heterocycles. The summed E-state index contributed by atoms with van der Waals surface area (Å²) < 4.78 is 43.5. The number of amides is 2. The molecule has 4 rings (SSSR count). The van der Waals surface area contributed by atoms with E-state index in [-0.39, 0.29) is 29.5 Å². The summed E-state index contributed by atoms with van der Waals surface area (Å²) in [5, 5.41) is 2.97. The fourth-order valence-corrected chi connectivity index (χ4v) is 6.63. The minimum atomic E-state index is -4.24. The number of carbonyl (C=O) groups is 2. The molecule has 0 radical (unpaired) electrons. The average molecular weight is 681 g/mol. The van der Waals surface area contributed by atoms with Crippen LogP contribution in [0.15, 0.2) is 119 Å². The van der Waals surface area contributed by atoms with Gasteiger partial charge in [0.05, 0.1) is 10.6 Å². The van der Waals surface area contributed by atoms with E-state index in [9.17, 15) is 22.4 Å². The van der Waals surface area contributed by atoms with E-state index in [0.29, 0.717) is 6.54 Å². The number of unbranched alkanes of at least 4 members (excludes halogenated alkanes) is 1. The Morgan fingerprint density at radius 1 is 0.864 bits per heavy atom. The zero-order valence-electron chi connectivity index (χ0n) is 24.4. The molecule has 230 valence electrons. The van der Waals surface area contributed by atoms with Crippen LogP contribution in [0.25, 0.3) is 0 Å². The third-order valence-corrected chi connectivity index (χ3v) is 9.35. The second-order valence-corrected chi connectivity index (χ2v) is 13.1. The maximum Gasteiger partial charge on any atom is 0.264 e. The molecule has 10 heteroatoms. The quantitative estimate of drug-likeness (QED) is 0.158. The molecule has 4 aromatic carbocycles. The van der Waals surface area contributed by atoms with Crippen molar-refractivity contribution in [3.63, 3.8) is 0 Å². The van der Waals surface area contributed by atoms with E-state index < -0.39 is 34.3 Å². The molecule has 0 aromatic heterocycles. The van der Waals surface area contributed by atoms with Crippen molar-refractivity contribution < 1.29 is 22.4 Å². The molecule has 0 aliphatic carbocycles. The fraction of sp³-hybridized carbons (Fsp3) is 0.235. The molecular formula is C34H35BrFN3O4S. The van der Waals surface area contributed by atoms with E-state index in [1.807, 2.05) is 61.5 Å². The number of halogens is 2. The van der Waals surface area contributed by atoms with Crippen molar-refractivity contribution in [2.45, 2.75) is 43.7 Å². The number of hydrogen-bond donors (Lipinski definition) is 1. The van der Waals surface area contributed by atoms with Gasteiger partial charge in [0.2, 0.25) is 11.8 Å². The van der Waals surface area contributed by atoms with Gasteiger partial charge >= 0.3 is 0 Å². The molecule has 0 fully saturated rings. The highest BCUT2D eigenvalue weighted by Gasteiger charge is 2.34. The highest BCUT2D eigenvalue weighted by Crippen LogP contribution is 2.25. The molecule has 1 atom stereocenters. The number of carbonyl (C=O) groups excluding carboxylic acids is 2. The topological polar surface area (TPSA) is 86.8 Å². The molecule has 4 aromatic rings. The van der Waals surface area contributed by atoms with Gasteiger partial charge in [-0.3, -0.25) is 13.9 Å². The molecule has 1 N–H and O–H groups in total. The number of nitrogens with zero attached hydrogens (tertiary/aromatic N) is 2. The SMILES string of the molecule is CCCCNC(=O)[C@H](Cc1ccccc1)N(Cc1cccc(Br)c1)C(=O)CN(c1ccc(F)cc1)S(=O)(=O)c1ccccc1. The van der Waals surface area contributed by atoms with Crippen molar-refractivity contribution in [3.05, 3.63) is 131 Å². The smallest absolute Gasteiger partial charge is 0.264 e. The second-order valence-electron chi connectivity index (χ2n) is 10.3. The number of rotatable bonds is 14. The van der Waals surface area contributed by atoms with Gasteiger partial charge in [0.25, 0.3) is 10.0 Å². The lowest BCUT2D eigenvalue weighted by Crippen LogP contribution is -2.53. The van der Waals surface area contributed by atoms with Crippen molar-refractivity contribution >= 4 is 43.5 Å². The number of sulfonamides is 1. The summed E-state index contributed by atoms with van der Waals surface area (Å²) in [5.74, 6) is -1.45. The van der Waals surface area contributed by atoms with Gasteiger partial charge in [-0.15, -0.1) is 0 Å². The van der Waals surface area contributed by atoms with E-state index in [4.69, 9.17) is 0 Å². The Bertz CT molecular complexity index is 1640. The van der Waals surface area contributed by atoms with E-state index in [2.05, 4.69) is 21.2 Å².